The van der Waals surface area contributed by atoms with E-state index in [2.05, 4.69) is 0 Å². The summed E-state index contributed by atoms with van der Waals surface area (Å²) < 4.78 is 24.1. The molecule has 0 rings (SSSR count). The van der Waals surface area contributed by atoms with Gasteiger partial charge in [0.15, 0.2) is 0 Å². The smallest absolute Gasteiger partial charge is 0.750 e. The van der Waals surface area contributed by atoms with Crippen LogP contribution in [0, 0.1) is 0 Å². The molecule has 26 valence electrons. The molecule has 0 aromatic heterocycles. The van der Waals surface area contributed by atoms with Crippen molar-refractivity contribution in [3.63, 3.8) is 0 Å². The molecule has 3 nitrogen and oxygen atoms in total. The molecule has 0 heterocycles. The molecule has 0 spiro atoms. The molecular weight excluding hydrogens is 346 g/mol. The average molecular weight is 347 g/mol. The van der Waals surface area contributed by atoms with Crippen LogP contribution in [0.15, 0.2) is 0 Å². The van der Waals surface area contributed by atoms with Gasteiger partial charge < -0.3 is 9.11 Å². The quantitative estimate of drug-likeness (QED) is 0.444. The molecule has 0 aliphatic carbocycles. The summed E-state index contributed by atoms with van der Waals surface area (Å²) in [4.78, 5) is 0. The van der Waals surface area contributed by atoms with E-state index >= 15 is 0 Å². The van der Waals surface area contributed by atoms with E-state index in [1.165, 1.54) is 0 Å². The van der Waals surface area contributed by atoms with Crippen LogP contribution in [0.1, 0.15) is 0 Å². The van der Waals surface area contributed by atoms with Gasteiger partial charge in [0.05, 0.1) is 11.4 Å². The molecule has 0 saturated heterocycles. The van der Waals surface area contributed by atoms with E-state index in [9.17, 15) is 0 Å². The summed E-state index contributed by atoms with van der Waals surface area (Å²) in [5, 5.41) is 0. The van der Waals surface area contributed by atoms with Crippen molar-refractivity contribution >= 4 is 11.4 Å². The topological polar surface area (TPSA) is 60.4 Å². The zero-order chi connectivity index (χ0) is 3.58. The van der Waals surface area contributed by atoms with E-state index in [-0.39, 0.29) is 138 Å². The molecule has 0 aliphatic heterocycles. The van der Waals surface area contributed by atoms with Crippen molar-refractivity contribution in [2.45, 2.75) is 0 Å². The van der Waals surface area contributed by atoms with E-state index in [0.29, 0.717) is 0 Å². The van der Waals surface area contributed by atoms with Gasteiger partial charge in [-0.25, -0.2) is 4.21 Å². The molecule has 0 fully saturated rings. The van der Waals surface area contributed by atoms with Crippen LogP contribution >= 0.6 is 0 Å². The second kappa shape index (κ2) is 11.9. The maximum atomic E-state index is 8.56. The maximum absolute atomic E-state index is 8.56. The molecule has 0 aliphatic rings. The van der Waals surface area contributed by atoms with E-state index < -0.39 is 11.4 Å². The third-order valence-corrected chi connectivity index (χ3v) is 0. The fraction of sp³-hybridized carbons (Fsp3) is 0. The second-order valence-electron chi connectivity index (χ2n) is 0.217. The zero-order valence-corrected chi connectivity index (χ0v) is 17.0. The molecule has 0 amide bonds. The minimum Gasteiger partial charge on any atom is -0.750 e. The van der Waals surface area contributed by atoms with Crippen molar-refractivity contribution in [1.29, 1.82) is 0 Å². The third-order valence-electron chi connectivity index (χ3n) is 0. The van der Waals surface area contributed by atoms with Gasteiger partial charge in [-0.3, -0.25) is 0 Å². The summed E-state index contributed by atoms with van der Waals surface area (Å²) in [5.41, 5.74) is 0. The predicted molar refractivity (Wildman–Crippen MR) is 11.5 cm³/mol. The van der Waals surface area contributed by atoms with Crippen LogP contribution in [0.4, 0.5) is 0 Å². The van der Waals surface area contributed by atoms with Crippen molar-refractivity contribution in [2.75, 3.05) is 0 Å². The normalized spacial score (nSPS) is 10.3. The molecule has 0 bridgehead atoms. The third kappa shape index (κ3) is 24.1. The molecule has 6 heteroatoms. The summed E-state index contributed by atoms with van der Waals surface area (Å²) in [7, 11) is 0. The summed E-state index contributed by atoms with van der Waals surface area (Å²) in [6.07, 6.45) is 0. The Hall–Kier alpha value is 4.17. The first kappa shape index (κ1) is 16.6. The Morgan fingerprint density at radius 3 is 1.50 bits per heavy atom. The molecule has 1 atom stereocenters. The van der Waals surface area contributed by atoms with Gasteiger partial charge in [-0.05, 0) is 0 Å². The minimum atomic E-state index is -2.86. The van der Waals surface area contributed by atoms with Gasteiger partial charge in [-0.2, -0.15) is 0 Å². The van der Waals surface area contributed by atoms with Gasteiger partial charge in [0.1, 0.15) is 0 Å². The average Bonchev–Trinajstić information content (AvgIpc) is 0.811. The second-order valence-corrected chi connectivity index (χ2v) is 0.651. The number of rotatable bonds is 0. The molecule has 1 N–H and O–H groups in total. The molecule has 0 saturated carbocycles. The van der Waals surface area contributed by atoms with Crippen LogP contribution in [0.2, 0.25) is 0 Å². The van der Waals surface area contributed by atoms with E-state index in [1.807, 2.05) is 0 Å². The fourth-order valence-electron chi connectivity index (χ4n) is 0. The predicted octanol–water partition coefficient (Wildman–Crippen LogP) is -6.65. The van der Waals surface area contributed by atoms with E-state index in [0.717, 1.165) is 0 Å². The Labute approximate surface area is 156 Å². The van der Waals surface area contributed by atoms with Crippen molar-refractivity contribution in [1.82, 2.24) is 0 Å². The summed E-state index contributed by atoms with van der Waals surface area (Å²) in [6.45, 7) is 0. The van der Waals surface area contributed by atoms with Gasteiger partial charge in [-0.1, -0.05) is 0 Å². The minimum absolute atomic E-state index is 0. The Morgan fingerprint density at radius 1 is 1.50 bits per heavy atom. The van der Waals surface area contributed by atoms with Crippen molar-refractivity contribution < 1.29 is 151 Å². The Bertz CT molecular complexity index is 31.8. The van der Waals surface area contributed by atoms with E-state index in [1.54, 1.807) is 0 Å². The zero-order valence-electron chi connectivity index (χ0n) is 3.67. The van der Waals surface area contributed by atoms with Gasteiger partial charge in [0.25, 0.3) is 0 Å². The van der Waals surface area contributed by atoms with Crippen LogP contribution in [0.5, 0.6) is 0 Å². The molecular formula is HCs2O3S+. The monoisotopic (exact) mass is 347 g/mol. The fourth-order valence-corrected chi connectivity index (χ4v) is 0. The first-order chi connectivity index (χ1) is 1.73. The van der Waals surface area contributed by atoms with Gasteiger partial charge in [0.2, 0.25) is 0 Å². The molecule has 0 radical (unpaired) electrons. The van der Waals surface area contributed by atoms with Crippen LogP contribution in [0.3, 0.4) is 0 Å². The van der Waals surface area contributed by atoms with Crippen LogP contribution in [0.25, 0.3) is 0 Å². The summed E-state index contributed by atoms with van der Waals surface area (Å²) in [6, 6.07) is 0. The van der Waals surface area contributed by atoms with Crippen molar-refractivity contribution in [3.8, 4) is 0 Å². The Morgan fingerprint density at radius 2 is 1.50 bits per heavy atom. The largest absolute Gasteiger partial charge is 1.00 e. The van der Waals surface area contributed by atoms with Crippen molar-refractivity contribution in [3.05, 3.63) is 0 Å². The maximum Gasteiger partial charge on any atom is 1.00 e. The first-order valence-corrected chi connectivity index (χ1v) is 1.55. The van der Waals surface area contributed by atoms with Gasteiger partial charge in [-0.15, -0.1) is 0 Å². The molecule has 0 aromatic rings. The molecule has 1 unspecified atom stereocenters. The number of hydrogen-bond acceptors (Lipinski definition) is 2. The molecule has 6 heavy (non-hydrogen) atoms. The van der Waals surface area contributed by atoms with Gasteiger partial charge >= 0.3 is 138 Å². The van der Waals surface area contributed by atoms with Crippen molar-refractivity contribution in [2.24, 2.45) is 0 Å². The standard InChI is InChI=1S/2Cs.H2O3S/c;;1-4(2)3/h;;(H2,1,2,3)/q2*+1;/p-1. The molecule has 0 aromatic carbocycles. The van der Waals surface area contributed by atoms with Gasteiger partial charge in [0, 0.05) is 0 Å². The number of hydrogen-bond donors (Lipinski definition) is 1. The van der Waals surface area contributed by atoms with Crippen LogP contribution < -0.4 is 138 Å². The van der Waals surface area contributed by atoms with E-state index in [4.69, 9.17) is 13.3 Å². The first-order valence-electron chi connectivity index (χ1n) is 0.516. The SMILES string of the molecule is O=S([O-])O.[Cs+].[Cs+]. The Balaban J connectivity index is -0.0000000450. The summed E-state index contributed by atoms with van der Waals surface area (Å²) >= 11 is -2.86. The summed E-state index contributed by atoms with van der Waals surface area (Å²) in [5.74, 6) is 0. The van der Waals surface area contributed by atoms with Crippen LogP contribution in [-0.4, -0.2) is 13.3 Å². The van der Waals surface area contributed by atoms with Crippen LogP contribution in [-0.2, 0) is 11.4 Å². The Kier molecular flexibility index (Phi) is 33.0.